The number of hydrogen-bond donors (Lipinski definition) is 4. The highest BCUT2D eigenvalue weighted by Crippen LogP contribution is 2.45. The van der Waals surface area contributed by atoms with Gasteiger partial charge in [-0.1, -0.05) is 39.0 Å². The molecular weight excluding hydrogens is 817 g/mol. The molecule has 3 aromatic carbocycles. The number of carboxylic acid groups (broad SMARTS) is 1. The number of aromatic nitrogens is 4. The lowest BCUT2D eigenvalue weighted by molar-refractivity contribution is -0.142. The number of rotatable bonds is 10. The van der Waals surface area contributed by atoms with E-state index in [2.05, 4.69) is 58.6 Å². The van der Waals surface area contributed by atoms with Gasteiger partial charge in [-0.05, 0) is 110 Å². The van der Waals surface area contributed by atoms with Crippen molar-refractivity contribution < 1.29 is 38.5 Å². The number of amides is 4. The molecule has 3 fully saturated rings. The third-order valence-corrected chi connectivity index (χ3v) is 14.1. The van der Waals surface area contributed by atoms with E-state index in [1.165, 1.54) is 19.1 Å². The summed E-state index contributed by atoms with van der Waals surface area (Å²) in [6.45, 7) is 9.31. The molecule has 16 heteroatoms. The van der Waals surface area contributed by atoms with Gasteiger partial charge in [-0.15, -0.1) is 0 Å². The van der Waals surface area contributed by atoms with Gasteiger partial charge in [0.1, 0.15) is 36.1 Å². The maximum absolute atomic E-state index is 14.6. The van der Waals surface area contributed by atoms with Gasteiger partial charge in [0.15, 0.2) is 0 Å². The summed E-state index contributed by atoms with van der Waals surface area (Å²) in [6.07, 6.45) is 5.18. The smallest absolute Gasteiger partial charge is 0.407 e. The summed E-state index contributed by atoms with van der Waals surface area (Å²) in [6, 6.07) is 12.5. The topological polar surface area (TPSA) is 195 Å². The average Bonchev–Trinajstić information content (AvgIpc) is 4.13. The highest BCUT2D eigenvalue weighted by molar-refractivity contribution is 6.07. The Bertz CT molecular complexity index is 2600. The third kappa shape index (κ3) is 7.68. The first-order chi connectivity index (χ1) is 30.9. The molecule has 0 bridgehead atoms. The van der Waals surface area contributed by atoms with Crippen LogP contribution in [-0.4, -0.2) is 115 Å². The zero-order chi connectivity index (χ0) is 45.0. The molecule has 0 saturated carbocycles. The minimum atomic E-state index is -1.12. The second kappa shape index (κ2) is 17.4. The minimum Gasteiger partial charge on any atom is -0.488 e. The zero-order valence-electron chi connectivity index (χ0n) is 37.3. The number of alkyl carbamates (subject to hydrolysis) is 1. The standard InChI is InChI=1S/C48H58N8O8/c1-7-31-11-15-38(56(31)46(58)42(54(5)48(60)61)27-16-18-63-19-17-27)44-50-35-13-10-28-21-34-32-12-9-29(20-30(32)24-64-39(34)22-33(28)41(35)52-44)36-23-49-43(51-36)37-14-8-26(4)55(37)45(57)40(25(2)3)53-47(59)62-6/h9-10,12-13,20-23,25-27,31,37-38,40,42H,7-8,11,14-19,24H2,1-6H3,(H,49,51)(H,50,52)(H,53,59)(H,60,61)/t26-,31-,37-,38-,40-,42-/m0/s1. The Kier molecular flexibility index (Phi) is 11.7. The molecule has 4 aliphatic rings. The van der Waals surface area contributed by atoms with Crippen molar-refractivity contribution in [2.24, 2.45) is 11.8 Å². The molecule has 5 aromatic rings. The van der Waals surface area contributed by atoms with Crippen molar-refractivity contribution in [2.45, 2.75) is 115 Å². The largest absolute Gasteiger partial charge is 0.488 e. The molecule has 64 heavy (non-hydrogen) atoms. The quantitative estimate of drug-likeness (QED) is 0.107. The Balaban J connectivity index is 0.976. The molecule has 4 amide bonds. The van der Waals surface area contributed by atoms with Gasteiger partial charge in [-0.3, -0.25) is 14.5 Å². The fourth-order valence-electron chi connectivity index (χ4n) is 10.6. The van der Waals surface area contributed by atoms with Crippen molar-refractivity contribution in [1.82, 2.24) is 40.0 Å². The molecule has 3 saturated heterocycles. The highest BCUT2D eigenvalue weighted by Gasteiger charge is 2.46. The zero-order valence-corrected chi connectivity index (χ0v) is 37.3. The lowest BCUT2D eigenvalue weighted by Crippen LogP contribution is -2.55. The Hall–Kier alpha value is -6.16. The molecule has 0 spiro atoms. The number of hydrogen-bond acceptors (Lipinski definition) is 9. The van der Waals surface area contributed by atoms with Crippen LogP contribution in [0.5, 0.6) is 5.75 Å². The summed E-state index contributed by atoms with van der Waals surface area (Å²) < 4.78 is 16.9. The number of fused-ring (bicyclic) bond motifs is 6. The van der Waals surface area contributed by atoms with E-state index in [0.29, 0.717) is 44.3 Å². The fourth-order valence-corrected chi connectivity index (χ4v) is 10.6. The van der Waals surface area contributed by atoms with Gasteiger partial charge >= 0.3 is 12.2 Å². The van der Waals surface area contributed by atoms with Crippen LogP contribution in [0.1, 0.15) is 102 Å². The number of H-pyrrole nitrogens is 2. The van der Waals surface area contributed by atoms with E-state index >= 15 is 0 Å². The third-order valence-electron chi connectivity index (χ3n) is 14.1. The summed E-state index contributed by atoms with van der Waals surface area (Å²) in [4.78, 5) is 74.8. The van der Waals surface area contributed by atoms with Crippen LogP contribution in [0.15, 0.2) is 48.7 Å². The number of likely N-dealkylation sites (N-methyl/N-ethyl adjacent to an activating group) is 1. The fraction of sp³-hybridized carbons (Fsp3) is 0.500. The van der Waals surface area contributed by atoms with Crippen LogP contribution < -0.4 is 10.1 Å². The van der Waals surface area contributed by atoms with Gasteiger partial charge < -0.3 is 44.4 Å². The molecule has 2 aromatic heterocycles. The monoisotopic (exact) mass is 874 g/mol. The molecule has 9 rings (SSSR count). The van der Waals surface area contributed by atoms with Gasteiger partial charge in [0, 0.05) is 43.3 Å². The number of nitrogens with zero attached hydrogens (tertiary/aromatic N) is 5. The van der Waals surface area contributed by atoms with Crippen LogP contribution in [0.2, 0.25) is 0 Å². The van der Waals surface area contributed by atoms with Gasteiger partial charge in [0.05, 0.1) is 42.1 Å². The Morgan fingerprint density at radius 2 is 1.70 bits per heavy atom. The second-order valence-electron chi connectivity index (χ2n) is 18.2. The summed E-state index contributed by atoms with van der Waals surface area (Å²) in [5, 5.41) is 14.8. The average molecular weight is 875 g/mol. The van der Waals surface area contributed by atoms with Crippen molar-refractivity contribution in [3.63, 3.8) is 0 Å². The van der Waals surface area contributed by atoms with E-state index in [-0.39, 0.29) is 47.8 Å². The molecule has 0 unspecified atom stereocenters. The summed E-state index contributed by atoms with van der Waals surface area (Å²) >= 11 is 0. The van der Waals surface area contributed by atoms with E-state index in [9.17, 15) is 24.3 Å². The van der Waals surface area contributed by atoms with E-state index < -0.39 is 24.3 Å². The second-order valence-corrected chi connectivity index (χ2v) is 18.2. The predicted octanol–water partition coefficient (Wildman–Crippen LogP) is 7.95. The van der Waals surface area contributed by atoms with Crippen LogP contribution in [0.3, 0.4) is 0 Å². The first-order valence-electron chi connectivity index (χ1n) is 22.7. The van der Waals surface area contributed by atoms with Gasteiger partial charge in [-0.2, -0.15) is 0 Å². The van der Waals surface area contributed by atoms with E-state index in [1.54, 1.807) is 0 Å². The lowest BCUT2D eigenvalue weighted by atomic mass is 9.89. The molecule has 338 valence electrons. The maximum Gasteiger partial charge on any atom is 0.407 e. The molecular formula is C48H58N8O8. The first kappa shape index (κ1) is 43.1. The van der Waals surface area contributed by atoms with Crippen molar-refractivity contribution in [3.05, 3.63) is 65.9 Å². The molecule has 0 radical (unpaired) electrons. The predicted molar refractivity (Wildman–Crippen MR) is 239 cm³/mol. The molecule has 16 nitrogen and oxygen atoms in total. The molecule has 6 atom stereocenters. The number of benzene rings is 3. The number of carbonyl (C=O) groups is 4. The highest BCUT2D eigenvalue weighted by atomic mass is 16.5. The number of nitrogens with one attached hydrogen (secondary N) is 3. The summed E-state index contributed by atoms with van der Waals surface area (Å²) in [5.41, 5.74) is 6.53. The number of ether oxygens (including phenoxy) is 3. The van der Waals surface area contributed by atoms with Crippen LogP contribution in [-0.2, 0) is 25.7 Å². The number of likely N-dealkylation sites (tertiary alicyclic amines) is 2. The van der Waals surface area contributed by atoms with Crippen LogP contribution in [0.4, 0.5) is 9.59 Å². The van der Waals surface area contributed by atoms with E-state index in [0.717, 1.165) is 87.6 Å². The molecule has 6 heterocycles. The maximum atomic E-state index is 14.6. The van der Waals surface area contributed by atoms with Gasteiger partial charge in [0.25, 0.3) is 0 Å². The number of imidazole rings is 2. The SMILES string of the molecule is CC[C@H]1CC[C@@H](c2nc3ccc4cc5c(cc4c3[nH]2)OCc2cc(-c3cnc([C@@H]4CC[C@H](C)N4C(=O)[C@@H](NC(=O)OC)C(C)C)[nH]3)ccc2-5)N1C(=O)[C@H](C1CCOCC1)N(C)C(=O)O. The van der Waals surface area contributed by atoms with E-state index in [1.807, 2.05) is 42.8 Å². The van der Waals surface area contributed by atoms with Crippen LogP contribution in [0, 0.1) is 11.8 Å². The minimum absolute atomic E-state index is 0.0215. The number of carbonyl (C=O) groups excluding carboxylic acids is 3. The summed E-state index contributed by atoms with van der Waals surface area (Å²) in [7, 11) is 2.79. The van der Waals surface area contributed by atoms with Crippen molar-refractivity contribution in [3.8, 4) is 28.1 Å². The number of methoxy groups -OCH3 is 1. The molecule has 4 aliphatic heterocycles. The molecule has 4 N–H and O–H groups in total. The Morgan fingerprint density at radius 3 is 2.44 bits per heavy atom. The van der Waals surface area contributed by atoms with Gasteiger partial charge in [-0.25, -0.2) is 19.6 Å². The van der Waals surface area contributed by atoms with Crippen LogP contribution >= 0.6 is 0 Å². The number of aromatic amines is 2. The molecule has 0 aliphatic carbocycles. The Morgan fingerprint density at radius 1 is 0.938 bits per heavy atom. The Labute approximate surface area is 372 Å². The lowest BCUT2D eigenvalue weighted by Gasteiger charge is -2.39. The van der Waals surface area contributed by atoms with Crippen LogP contribution in [0.25, 0.3) is 44.2 Å². The first-order valence-corrected chi connectivity index (χ1v) is 22.7. The van der Waals surface area contributed by atoms with E-state index in [4.69, 9.17) is 24.2 Å². The van der Waals surface area contributed by atoms with Crippen molar-refractivity contribution >= 4 is 45.8 Å². The van der Waals surface area contributed by atoms with Crippen molar-refractivity contribution in [1.29, 1.82) is 0 Å². The van der Waals surface area contributed by atoms with Gasteiger partial charge in [0.2, 0.25) is 11.8 Å². The normalized spacial score (nSPS) is 22.0. The summed E-state index contributed by atoms with van der Waals surface area (Å²) in [5.74, 6) is 1.59. The van der Waals surface area contributed by atoms with Crippen molar-refractivity contribution in [2.75, 3.05) is 27.4 Å².